The number of sulfonamides is 1. The molecule has 0 unspecified atom stereocenters. The predicted molar refractivity (Wildman–Crippen MR) is 66.5 cm³/mol. The molecule has 0 radical (unpaired) electrons. The van der Waals surface area contributed by atoms with Crippen molar-refractivity contribution < 1.29 is 27.5 Å². The zero-order valence-corrected chi connectivity index (χ0v) is 11.5. The van der Waals surface area contributed by atoms with Crippen molar-refractivity contribution in [3.8, 4) is 0 Å². The van der Waals surface area contributed by atoms with Crippen LogP contribution in [0.5, 0.6) is 0 Å². The summed E-state index contributed by atoms with van der Waals surface area (Å²) in [7, 11) is -3.98. The number of nitrogens with two attached hydrogens (primary N) is 1. The van der Waals surface area contributed by atoms with Crippen LogP contribution in [-0.4, -0.2) is 42.9 Å². The Bertz CT molecular complexity index is 658. The lowest BCUT2D eigenvalue weighted by Gasteiger charge is -2.18. The summed E-state index contributed by atoms with van der Waals surface area (Å²) in [6.07, 6.45) is 1.45. The highest BCUT2D eigenvalue weighted by molar-refractivity contribution is 7.89. The second-order valence-electron chi connectivity index (χ2n) is 4.63. The first-order chi connectivity index (χ1) is 9.20. The Labute approximate surface area is 115 Å². The number of hydrogen-bond donors (Lipinski definition) is 2. The van der Waals surface area contributed by atoms with Gasteiger partial charge < -0.3 is 14.4 Å². The van der Waals surface area contributed by atoms with E-state index in [-0.39, 0.29) is 22.5 Å². The Morgan fingerprint density at radius 2 is 2.10 bits per heavy atom. The van der Waals surface area contributed by atoms with E-state index in [4.69, 9.17) is 14.7 Å². The van der Waals surface area contributed by atoms with Gasteiger partial charge in [0.1, 0.15) is 17.2 Å². The Morgan fingerprint density at radius 1 is 1.50 bits per heavy atom. The van der Waals surface area contributed by atoms with Crippen molar-refractivity contribution in [1.29, 1.82) is 0 Å². The molecule has 0 aromatic carbocycles. The van der Waals surface area contributed by atoms with Gasteiger partial charge in [-0.25, -0.2) is 13.6 Å². The number of primary sulfonamides is 1. The molecule has 8 nitrogen and oxygen atoms in total. The molecule has 1 fully saturated rings. The minimum absolute atomic E-state index is 0.00178. The van der Waals surface area contributed by atoms with E-state index in [2.05, 4.69) is 0 Å². The van der Waals surface area contributed by atoms with E-state index in [9.17, 15) is 18.0 Å². The van der Waals surface area contributed by atoms with Gasteiger partial charge in [0.15, 0.2) is 5.76 Å². The van der Waals surface area contributed by atoms with Crippen LogP contribution in [0.25, 0.3) is 0 Å². The minimum atomic E-state index is -3.98. The molecular weight excluding hydrogens is 288 g/mol. The number of carbonyl (C=O) groups excluding carboxylic acids is 1. The lowest BCUT2D eigenvalue weighted by atomic mass is 10.3. The molecule has 0 aliphatic heterocycles. The molecule has 9 heteroatoms. The second kappa shape index (κ2) is 4.91. The maximum Gasteiger partial charge on any atom is 0.323 e. The molecule has 20 heavy (non-hydrogen) atoms. The second-order valence-corrected chi connectivity index (χ2v) is 6.16. The number of rotatable bonds is 5. The van der Waals surface area contributed by atoms with Gasteiger partial charge in [-0.1, -0.05) is 0 Å². The van der Waals surface area contributed by atoms with Crippen molar-refractivity contribution in [3.63, 3.8) is 0 Å². The molecule has 1 amide bonds. The average Bonchev–Trinajstić information content (AvgIpc) is 3.06. The summed E-state index contributed by atoms with van der Waals surface area (Å²) in [6.45, 7) is 0.920. The SMILES string of the molecule is Cc1oc(C(=O)N(CC(=O)O)C2CC2)cc1S(N)(=O)=O. The van der Waals surface area contributed by atoms with E-state index in [1.165, 1.54) is 6.92 Å². The molecule has 1 heterocycles. The summed E-state index contributed by atoms with van der Waals surface area (Å²) in [4.78, 5) is 23.8. The lowest BCUT2D eigenvalue weighted by Crippen LogP contribution is -2.37. The molecule has 3 N–H and O–H groups in total. The van der Waals surface area contributed by atoms with E-state index >= 15 is 0 Å². The summed E-state index contributed by atoms with van der Waals surface area (Å²) in [5, 5.41) is 13.8. The third-order valence-electron chi connectivity index (χ3n) is 2.94. The summed E-state index contributed by atoms with van der Waals surface area (Å²) in [5.74, 6) is -2.00. The first kappa shape index (κ1) is 14.5. The van der Waals surface area contributed by atoms with Gasteiger partial charge in [-0.05, 0) is 19.8 Å². The number of aliphatic carboxylic acids is 1. The molecule has 2 rings (SSSR count). The van der Waals surface area contributed by atoms with Crippen LogP contribution in [0, 0.1) is 6.92 Å². The number of hydrogen-bond acceptors (Lipinski definition) is 5. The van der Waals surface area contributed by atoms with Gasteiger partial charge in [0.25, 0.3) is 5.91 Å². The van der Waals surface area contributed by atoms with Gasteiger partial charge in [-0.2, -0.15) is 0 Å². The van der Waals surface area contributed by atoms with Crippen molar-refractivity contribution in [2.24, 2.45) is 5.14 Å². The van der Waals surface area contributed by atoms with Gasteiger partial charge in [-0.3, -0.25) is 9.59 Å². The number of nitrogens with zero attached hydrogens (tertiary/aromatic N) is 1. The highest BCUT2D eigenvalue weighted by Gasteiger charge is 2.36. The van der Waals surface area contributed by atoms with E-state index < -0.39 is 28.4 Å². The third-order valence-corrected chi connectivity index (χ3v) is 3.96. The van der Waals surface area contributed by atoms with E-state index in [1.54, 1.807) is 0 Å². The fourth-order valence-corrected chi connectivity index (χ4v) is 2.61. The zero-order valence-electron chi connectivity index (χ0n) is 10.7. The largest absolute Gasteiger partial charge is 0.480 e. The Morgan fingerprint density at radius 3 is 2.50 bits per heavy atom. The van der Waals surface area contributed by atoms with Gasteiger partial charge in [0.05, 0.1) is 0 Å². The monoisotopic (exact) mass is 302 g/mol. The summed E-state index contributed by atoms with van der Waals surface area (Å²) >= 11 is 0. The molecule has 1 aliphatic carbocycles. The fourth-order valence-electron chi connectivity index (χ4n) is 1.89. The smallest absolute Gasteiger partial charge is 0.323 e. The fraction of sp³-hybridized carbons (Fsp3) is 0.455. The quantitative estimate of drug-likeness (QED) is 0.782. The summed E-state index contributed by atoms with van der Waals surface area (Å²) in [6, 6.07) is 0.895. The summed E-state index contributed by atoms with van der Waals surface area (Å²) < 4.78 is 27.7. The van der Waals surface area contributed by atoms with Gasteiger partial charge in [0.2, 0.25) is 10.0 Å². The zero-order chi connectivity index (χ0) is 15.1. The maximum absolute atomic E-state index is 12.2. The molecule has 0 bridgehead atoms. The van der Waals surface area contributed by atoms with Crippen LogP contribution in [0.3, 0.4) is 0 Å². The van der Waals surface area contributed by atoms with Crippen LogP contribution in [0.2, 0.25) is 0 Å². The van der Waals surface area contributed by atoms with Crippen LogP contribution < -0.4 is 5.14 Å². The van der Waals surface area contributed by atoms with Gasteiger partial charge in [-0.15, -0.1) is 0 Å². The minimum Gasteiger partial charge on any atom is -0.480 e. The lowest BCUT2D eigenvalue weighted by molar-refractivity contribution is -0.137. The van der Waals surface area contributed by atoms with Crippen LogP contribution in [0.15, 0.2) is 15.4 Å². The normalized spacial score (nSPS) is 15.1. The number of carboxylic acid groups (broad SMARTS) is 1. The van der Waals surface area contributed by atoms with Crippen molar-refractivity contribution in [3.05, 3.63) is 17.6 Å². The number of carbonyl (C=O) groups is 2. The van der Waals surface area contributed by atoms with Crippen molar-refractivity contribution in [1.82, 2.24) is 4.90 Å². The molecule has 1 aliphatic rings. The first-order valence-electron chi connectivity index (χ1n) is 5.86. The van der Waals surface area contributed by atoms with Crippen LogP contribution in [0.4, 0.5) is 0 Å². The Balaban J connectivity index is 2.30. The van der Waals surface area contributed by atoms with Crippen LogP contribution in [-0.2, 0) is 14.8 Å². The first-order valence-corrected chi connectivity index (χ1v) is 7.41. The molecule has 1 aromatic heterocycles. The number of carboxylic acids is 1. The standard InChI is InChI=1S/C11H14N2O6S/c1-6-9(20(12,17)18)4-8(19-6)11(16)13(5-10(14)15)7-2-3-7/h4,7H,2-3,5H2,1H3,(H,14,15)(H2,12,17,18). The van der Waals surface area contributed by atoms with Crippen molar-refractivity contribution in [2.75, 3.05) is 6.54 Å². The molecule has 1 aromatic rings. The molecule has 110 valence electrons. The third kappa shape index (κ3) is 2.99. The summed E-state index contributed by atoms with van der Waals surface area (Å²) in [5.41, 5.74) is 0. The molecular formula is C11H14N2O6S. The number of aryl methyl sites for hydroxylation is 1. The highest BCUT2D eigenvalue weighted by Crippen LogP contribution is 2.29. The average molecular weight is 302 g/mol. The van der Waals surface area contributed by atoms with Crippen LogP contribution >= 0.6 is 0 Å². The van der Waals surface area contributed by atoms with E-state index in [0.717, 1.165) is 23.8 Å². The van der Waals surface area contributed by atoms with E-state index in [1.807, 2.05) is 0 Å². The van der Waals surface area contributed by atoms with Crippen molar-refractivity contribution in [2.45, 2.75) is 30.7 Å². The Kier molecular flexibility index (Phi) is 3.57. The van der Waals surface area contributed by atoms with Crippen molar-refractivity contribution >= 4 is 21.9 Å². The number of furan rings is 1. The predicted octanol–water partition coefficient (Wildman–Crippen LogP) is -0.0754. The number of amides is 1. The highest BCUT2D eigenvalue weighted by atomic mass is 32.2. The van der Waals surface area contributed by atoms with E-state index in [0.29, 0.717) is 0 Å². The van der Waals surface area contributed by atoms with Gasteiger partial charge in [0, 0.05) is 12.1 Å². The van der Waals surface area contributed by atoms with Crippen LogP contribution in [0.1, 0.15) is 29.2 Å². The Hall–Kier alpha value is -1.87. The molecule has 0 atom stereocenters. The maximum atomic E-state index is 12.2. The molecule has 1 saturated carbocycles. The molecule has 0 saturated heterocycles. The topological polar surface area (TPSA) is 131 Å². The molecule has 0 spiro atoms. The van der Waals surface area contributed by atoms with Gasteiger partial charge >= 0.3 is 5.97 Å².